The Morgan fingerprint density at radius 2 is 2.05 bits per heavy atom. The lowest BCUT2D eigenvalue weighted by atomic mass is 9.99. The van der Waals surface area contributed by atoms with Crippen molar-refractivity contribution in [3.63, 3.8) is 0 Å². The van der Waals surface area contributed by atoms with E-state index in [1.807, 2.05) is 0 Å². The van der Waals surface area contributed by atoms with Gasteiger partial charge in [-0.15, -0.1) is 0 Å². The zero-order valence-corrected chi connectivity index (χ0v) is 13.9. The SMILES string of the molecule is CCNC(CC)c1ccccc1N1CC(C)OCC1CC. The fraction of sp³-hybridized carbons (Fsp3) is 0.667. The van der Waals surface area contributed by atoms with Gasteiger partial charge in [-0.1, -0.05) is 39.0 Å². The molecule has 0 bridgehead atoms. The van der Waals surface area contributed by atoms with Crippen molar-refractivity contribution >= 4 is 5.69 Å². The molecule has 1 saturated heterocycles. The second-order valence-electron chi connectivity index (χ2n) is 5.94. The molecule has 1 fully saturated rings. The average Bonchev–Trinajstić information content (AvgIpc) is 2.52. The fourth-order valence-electron chi connectivity index (χ4n) is 3.24. The number of nitrogens with zero attached hydrogens (tertiary/aromatic N) is 1. The number of ether oxygens (including phenoxy) is 1. The lowest BCUT2D eigenvalue weighted by Crippen LogP contribution is -2.49. The van der Waals surface area contributed by atoms with Crippen LogP contribution in [0.4, 0.5) is 5.69 Å². The molecule has 118 valence electrons. The van der Waals surface area contributed by atoms with Crippen LogP contribution in [-0.4, -0.2) is 31.8 Å². The van der Waals surface area contributed by atoms with Gasteiger partial charge in [-0.2, -0.15) is 0 Å². The van der Waals surface area contributed by atoms with Gasteiger partial charge in [0, 0.05) is 18.3 Å². The molecule has 1 aromatic rings. The minimum atomic E-state index is 0.306. The molecule has 3 nitrogen and oxygen atoms in total. The number of benzene rings is 1. The molecule has 21 heavy (non-hydrogen) atoms. The number of para-hydroxylation sites is 1. The number of hydrogen-bond acceptors (Lipinski definition) is 3. The second kappa shape index (κ2) is 7.81. The molecule has 0 radical (unpaired) electrons. The molecule has 0 amide bonds. The number of nitrogens with one attached hydrogen (secondary N) is 1. The molecular weight excluding hydrogens is 260 g/mol. The number of rotatable bonds is 6. The van der Waals surface area contributed by atoms with Crippen LogP contribution in [0.25, 0.3) is 0 Å². The maximum atomic E-state index is 5.85. The van der Waals surface area contributed by atoms with Crippen LogP contribution in [0.1, 0.15) is 52.1 Å². The maximum absolute atomic E-state index is 5.85. The van der Waals surface area contributed by atoms with Gasteiger partial charge in [-0.3, -0.25) is 0 Å². The summed E-state index contributed by atoms with van der Waals surface area (Å²) in [5.41, 5.74) is 2.81. The lowest BCUT2D eigenvalue weighted by Gasteiger charge is -2.41. The highest BCUT2D eigenvalue weighted by Crippen LogP contribution is 2.32. The molecule has 0 saturated carbocycles. The normalized spacial score (nSPS) is 24.1. The topological polar surface area (TPSA) is 24.5 Å². The van der Waals surface area contributed by atoms with E-state index in [1.54, 1.807) is 0 Å². The summed E-state index contributed by atoms with van der Waals surface area (Å²) < 4.78 is 5.85. The van der Waals surface area contributed by atoms with Crippen LogP contribution in [-0.2, 0) is 4.74 Å². The van der Waals surface area contributed by atoms with E-state index in [0.29, 0.717) is 18.2 Å². The monoisotopic (exact) mass is 290 g/mol. The van der Waals surface area contributed by atoms with E-state index in [-0.39, 0.29) is 0 Å². The van der Waals surface area contributed by atoms with E-state index in [1.165, 1.54) is 11.3 Å². The van der Waals surface area contributed by atoms with Crippen LogP contribution in [0.5, 0.6) is 0 Å². The minimum absolute atomic E-state index is 0.306. The van der Waals surface area contributed by atoms with Crippen molar-refractivity contribution < 1.29 is 4.74 Å². The Kier molecular flexibility index (Phi) is 6.07. The molecular formula is C18H30N2O. The summed E-state index contributed by atoms with van der Waals surface area (Å²) >= 11 is 0. The van der Waals surface area contributed by atoms with E-state index in [2.05, 4.69) is 62.2 Å². The maximum Gasteiger partial charge on any atom is 0.0723 e. The Morgan fingerprint density at radius 1 is 1.29 bits per heavy atom. The van der Waals surface area contributed by atoms with Crippen molar-refractivity contribution in [2.45, 2.75) is 58.7 Å². The van der Waals surface area contributed by atoms with E-state index in [0.717, 1.165) is 32.5 Å². The van der Waals surface area contributed by atoms with Crippen molar-refractivity contribution in [1.82, 2.24) is 5.32 Å². The summed E-state index contributed by atoms with van der Waals surface area (Å²) in [6.07, 6.45) is 2.54. The van der Waals surface area contributed by atoms with Crippen LogP contribution in [0.15, 0.2) is 24.3 Å². The molecule has 3 atom stereocenters. The first-order valence-electron chi connectivity index (χ1n) is 8.41. The Labute approximate surface area is 129 Å². The van der Waals surface area contributed by atoms with Crippen LogP contribution >= 0.6 is 0 Å². The van der Waals surface area contributed by atoms with E-state index < -0.39 is 0 Å². The Morgan fingerprint density at radius 3 is 2.71 bits per heavy atom. The highest BCUT2D eigenvalue weighted by atomic mass is 16.5. The summed E-state index contributed by atoms with van der Waals surface area (Å²) in [6, 6.07) is 9.78. The third kappa shape index (κ3) is 3.78. The third-order valence-electron chi connectivity index (χ3n) is 4.42. The first-order valence-corrected chi connectivity index (χ1v) is 8.41. The molecule has 1 heterocycles. The molecule has 1 aliphatic rings. The van der Waals surface area contributed by atoms with Crippen molar-refractivity contribution in [3.8, 4) is 0 Å². The molecule has 0 spiro atoms. The Hall–Kier alpha value is -1.06. The fourth-order valence-corrected chi connectivity index (χ4v) is 3.24. The standard InChI is InChI=1S/C18H30N2O/c1-5-15-13-21-14(4)12-20(15)18-11-9-8-10-16(18)17(6-2)19-7-3/h8-11,14-15,17,19H,5-7,12-13H2,1-4H3. The highest BCUT2D eigenvalue weighted by Gasteiger charge is 2.28. The second-order valence-corrected chi connectivity index (χ2v) is 5.94. The van der Waals surface area contributed by atoms with Gasteiger partial charge in [0.1, 0.15) is 0 Å². The lowest BCUT2D eigenvalue weighted by molar-refractivity contribution is 0.0298. The van der Waals surface area contributed by atoms with Crippen molar-refractivity contribution in [3.05, 3.63) is 29.8 Å². The number of anilines is 1. The summed E-state index contributed by atoms with van der Waals surface area (Å²) in [5, 5.41) is 3.61. The van der Waals surface area contributed by atoms with E-state index in [9.17, 15) is 0 Å². The molecule has 1 aliphatic heterocycles. The van der Waals surface area contributed by atoms with Crippen molar-refractivity contribution in [1.29, 1.82) is 0 Å². The Balaban J connectivity index is 2.33. The average molecular weight is 290 g/mol. The quantitative estimate of drug-likeness (QED) is 0.863. The van der Waals surface area contributed by atoms with Crippen molar-refractivity contribution in [2.24, 2.45) is 0 Å². The summed E-state index contributed by atoms with van der Waals surface area (Å²) in [6.45, 7) is 11.7. The summed E-state index contributed by atoms with van der Waals surface area (Å²) in [7, 11) is 0. The molecule has 1 aromatic carbocycles. The van der Waals surface area contributed by atoms with Gasteiger partial charge >= 0.3 is 0 Å². The van der Waals surface area contributed by atoms with E-state index in [4.69, 9.17) is 4.74 Å². The van der Waals surface area contributed by atoms with Gasteiger partial charge < -0.3 is 15.0 Å². The third-order valence-corrected chi connectivity index (χ3v) is 4.42. The zero-order valence-electron chi connectivity index (χ0n) is 13.9. The van der Waals surface area contributed by atoms with Crippen molar-refractivity contribution in [2.75, 3.05) is 24.6 Å². The molecule has 3 heteroatoms. The minimum Gasteiger partial charge on any atom is -0.375 e. The highest BCUT2D eigenvalue weighted by molar-refractivity contribution is 5.56. The largest absolute Gasteiger partial charge is 0.375 e. The van der Waals surface area contributed by atoms with Gasteiger partial charge in [0.05, 0.1) is 18.8 Å². The smallest absolute Gasteiger partial charge is 0.0723 e. The summed E-state index contributed by atoms with van der Waals surface area (Å²) in [4.78, 5) is 2.56. The van der Waals surface area contributed by atoms with Gasteiger partial charge in [0.15, 0.2) is 0 Å². The van der Waals surface area contributed by atoms with Crippen LogP contribution < -0.4 is 10.2 Å². The molecule has 0 aromatic heterocycles. The van der Waals surface area contributed by atoms with Gasteiger partial charge in [-0.05, 0) is 37.9 Å². The van der Waals surface area contributed by atoms with Gasteiger partial charge in [0.25, 0.3) is 0 Å². The molecule has 1 N–H and O–H groups in total. The predicted octanol–water partition coefficient (Wildman–Crippen LogP) is 3.75. The number of morpholine rings is 1. The summed E-state index contributed by atoms with van der Waals surface area (Å²) in [5.74, 6) is 0. The van der Waals surface area contributed by atoms with E-state index >= 15 is 0 Å². The molecule has 3 unspecified atom stereocenters. The predicted molar refractivity (Wildman–Crippen MR) is 90.0 cm³/mol. The number of hydrogen-bond donors (Lipinski definition) is 1. The first kappa shape index (κ1) is 16.3. The van der Waals surface area contributed by atoms with Crippen LogP contribution in [0.3, 0.4) is 0 Å². The Bertz CT molecular complexity index is 435. The van der Waals surface area contributed by atoms with Crippen LogP contribution in [0.2, 0.25) is 0 Å². The molecule has 0 aliphatic carbocycles. The first-order chi connectivity index (χ1) is 10.2. The van der Waals surface area contributed by atoms with Crippen LogP contribution in [0, 0.1) is 0 Å². The van der Waals surface area contributed by atoms with Gasteiger partial charge in [0.2, 0.25) is 0 Å². The molecule has 2 rings (SSSR count). The zero-order chi connectivity index (χ0) is 15.2. The van der Waals surface area contributed by atoms with Gasteiger partial charge in [-0.25, -0.2) is 0 Å².